The van der Waals surface area contributed by atoms with E-state index in [1.165, 1.54) is 0 Å². The fourth-order valence-corrected chi connectivity index (χ4v) is 11.4. The Bertz CT molecular complexity index is 2950. The van der Waals surface area contributed by atoms with Gasteiger partial charge in [-0.05, 0) is 115 Å². The first-order chi connectivity index (χ1) is 32.6. The van der Waals surface area contributed by atoms with E-state index < -0.39 is 84.6 Å². The van der Waals surface area contributed by atoms with Gasteiger partial charge in [-0.2, -0.15) is 0 Å². The van der Waals surface area contributed by atoms with Crippen LogP contribution in [0.4, 0.5) is 0 Å². The van der Waals surface area contributed by atoms with Gasteiger partial charge in [0.05, 0.1) is 22.8 Å². The van der Waals surface area contributed by atoms with Crippen molar-refractivity contribution in [2.45, 2.75) is 140 Å². The standard InChI is InChI=1S/C54H54N4O10/c1-51(2)61-43-41(59-49-47(45(43)63-51)65-53(5,6)67-49)39-33-23-19-29(55-33)37(27-15-11-9-12-16-27)31-21-25-35(57-31)40(42-44-46(64-52(3,4)62-44)48-50(60-42)68-54(7,8)66-48)36-26-22-32(58-36)38(28-17-13-10-14-18-28)30-20-24-34(39)56-30/h9-26,41-50,55-56H,1-8H3/t41-,42-,43+,44+,45+,46+,47-,48-,49-,50-/m1/s1. The summed E-state index contributed by atoms with van der Waals surface area (Å²) in [4.78, 5) is 18.7. The number of rotatable bonds is 4. The molecule has 14 nitrogen and oxygen atoms in total. The Kier molecular flexibility index (Phi) is 9.47. The second-order valence-electron chi connectivity index (χ2n) is 20.5. The minimum absolute atomic E-state index is 0.477. The number of aromatic amines is 2. The van der Waals surface area contributed by atoms with E-state index in [9.17, 15) is 0 Å². The van der Waals surface area contributed by atoms with E-state index in [2.05, 4.69) is 70.7 Å². The van der Waals surface area contributed by atoms with E-state index in [1.54, 1.807) is 0 Å². The third-order valence-electron chi connectivity index (χ3n) is 13.8. The van der Waals surface area contributed by atoms with Gasteiger partial charge < -0.3 is 57.3 Å². The van der Waals surface area contributed by atoms with Crippen LogP contribution < -0.4 is 0 Å². The second kappa shape index (κ2) is 15.1. The van der Waals surface area contributed by atoms with Gasteiger partial charge in [0.25, 0.3) is 0 Å². The highest BCUT2D eigenvalue weighted by Gasteiger charge is 2.63. The zero-order valence-corrected chi connectivity index (χ0v) is 39.1. The van der Waals surface area contributed by atoms with E-state index in [4.69, 9.17) is 57.3 Å². The molecule has 13 rings (SSSR count). The molecule has 5 aromatic rings. The topological polar surface area (TPSA) is 150 Å². The molecule has 0 amide bonds. The predicted molar refractivity (Wildman–Crippen MR) is 253 cm³/mol. The van der Waals surface area contributed by atoms with Crippen LogP contribution in [0.3, 0.4) is 0 Å². The van der Waals surface area contributed by atoms with Crippen LogP contribution in [0.15, 0.2) is 84.9 Å². The Morgan fingerprint density at radius 2 is 0.721 bits per heavy atom. The van der Waals surface area contributed by atoms with Crippen molar-refractivity contribution in [1.29, 1.82) is 0 Å². The van der Waals surface area contributed by atoms with Gasteiger partial charge in [-0.3, -0.25) is 0 Å². The molecule has 3 aromatic heterocycles. The van der Waals surface area contributed by atoms with E-state index in [1.807, 2.05) is 104 Å². The molecule has 8 bridgehead atoms. The van der Waals surface area contributed by atoms with Crippen molar-refractivity contribution in [3.05, 3.63) is 119 Å². The lowest BCUT2D eigenvalue weighted by molar-refractivity contribution is -0.236. The summed E-state index contributed by atoms with van der Waals surface area (Å²) in [5, 5.41) is 0. The number of hydrogen-bond acceptors (Lipinski definition) is 12. The monoisotopic (exact) mass is 918 g/mol. The van der Waals surface area contributed by atoms with Crippen LogP contribution in [0.25, 0.3) is 68.6 Å². The number of nitrogens with zero attached hydrogens (tertiary/aromatic N) is 2. The fraction of sp³-hybridized carbons (Fsp3) is 0.407. The lowest BCUT2D eigenvalue weighted by Gasteiger charge is -2.37. The third-order valence-corrected chi connectivity index (χ3v) is 13.8. The molecule has 2 aromatic carbocycles. The quantitative estimate of drug-likeness (QED) is 0.173. The molecule has 2 N–H and O–H groups in total. The van der Waals surface area contributed by atoms with Crippen molar-refractivity contribution in [2.75, 3.05) is 0 Å². The van der Waals surface area contributed by atoms with E-state index >= 15 is 0 Å². The Morgan fingerprint density at radius 3 is 1.16 bits per heavy atom. The summed E-state index contributed by atoms with van der Waals surface area (Å²) in [6, 6.07) is 29.0. The van der Waals surface area contributed by atoms with Crippen molar-refractivity contribution in [3.63, 3.8) is 0 Å². The summed E-state index contributed by atoms with van der Waals surface area (Å²) in [6.45, 7) is 15.3. The van der Waals surface area contributed by atoms with Gasteiger partial charge in [-0.1, -0.05) is 60.7 Å². The molecule has 350 valence electrons. The lowest BCUT2D eigenvalue weighted by Crippen LogP contribution is -2.51. The number of aromatic nitrogens is 4. The zero-order valence-electron chi connectivity index (χ0n) is 39.1. The molecule has 68 heavy (non-hydrogen) atoms. The Balaban J connectivity index is 1.10. The van der Waals surface area contributed by atoms with Gasteiger partial charge in [-0.15, -0.1) is 0 Å². The maximum Gasteiger partial charge on any atom is 0.190 e. The van der Waals surface area contributed by atoms with Crippen molar-refractivity contribution >= 4 is 46.4 Å². The van der Waals surface area contributed by atoms with Crippen molar-refractivity contribution in [1.82, 2.24) is 19.9 Å². The normalized spacial score (nSPS) is 32.2. The summed E-state index contributed by atoms with van der Waals surface area (Å²) in [5.74, 6) is -3.61. The highest BCUT2D eigenvalue weighted by Crippen LogP contribution is 2.52. The van der Waals surface area contributed by atoms with Crippen LogP contribution in [0.1, 0.15) is 102 Å². The molecule has 11 heterocycles. The molecule has 0 spiro atoms. The van der Waals surface area contributed by atoms with E-state index in [0.29, 0.717) is 11.4 Å². The number of nitrogens with one attached hydrogen (secondary N) is 2. The van der Waals surface area contributed by atoms with Crippen LogP contribution in [0, 0.1) is 0 Å². The molecule has 0 saturated carbocycles. The molecular formula is C54H54N4O10. The third kappa shape index (κ3) is 7.07. The van der Waals surface area contributed by atoms with Crippen LogP contribution in [0.5, 0.6) is 0 Å². The minimum atomic E-state index is -0.919. The molecule has 6 fully saturated rings. The molecular weight excluding hydrogens is 865 g/mol. The van der Waals surface area contributed by atoms with Gasteiger partial charge in [-0.25, -0.2) is 9.97 Å². The van der Waals surface area contributed by atoms with E-state index in [0.717, 1.165) is 66.8 Å². The smallest absolute Gasteiger partial charge is 0.190 e. The number of H-pyrrole nitrogens is 2. The first kappa shape index (κ1) is 42.7. The summed E-state index contributed by atoms with van der Waals surface area (Å²) in [5.41, 5.74) is 11.5. The van der Waals surface area contributed by atoms with Crippen molar-refractivity contribution in [2.24, 2.45) is 0 Å². The summed E-state index contributed by atoms with van der Waals surface area (Å²) in [7, 11) is 0. The highest BCUT2D eigenvalue weighted by molar-refractivity contribution is 5.94. The van der Waals surface area contributed by atoms with Crippen LogP contribution in [-0.4, -0.2) is 92.3 Å². The lowest BCUT2D eigenvalue weighted by atomic mass is 9.92. The van der Waals surface area contributed by atoms with E-state index in [-0.39, 0.29) is 0 Å². The highest BCUT2D eigenvalue weighted by atomic mass is 16.9. The van der Waals surface area contributed by atoms with Crippen LogP contribution >= 0.6 is 0 Å². The molecule has 8 aliphatic heterocycles. The Morgan fingerprint density at radius 1 is 0.368 bits per heavy atom. The SMILES string of the molecule is CC1(C)O[C@H]2[C@@H](O1)[C@@H](c1c3nc(c(-c4ccccc4)c4ccc([nH]4)c([C@H]4O[C@@H]5OC(C)(C)O[C@@H]5[C@H]5OC(C)(C)O[C@H]54)c4ccc([nH]4)c(-c4ccccc4)c4nc1C=C4)C=C3)O[C@@H]1OC(C)(C)O[C@@H]12. The first-order valence-electron chi connectivity index (χ1n) is 23.6. The van der Waals surface area contributed by atoms with Crippen LogP contribution in [-0.2, 0) is 47.4 Å². The van der Waals surface area contributed by atoms with Crippen molar-refractivity contribution < 1.29 is 47.4 Å². The maximum absolute atomic E-state index is 7.03. The fourth-order valence-electron chi connectivity index (χ4n) is 11.4. The predicted octanol–water partition coefficient (Wildman–Crippen LogP) is 10.1. The molecule has 8 aliphatic rings. The van der Waals surface area contributed by atoms with Gasteiger partial charge in [0.1, 0.15) is 48.8 Å². The molecule has 0 radical (unpaired) electrons. The minimum Gasteiger partial charge on any atom is -0.355 e. The number of hydrogen-bond donors (Lipinski definition) is 2. The van der Waals surface area contributed by atoms with Gasteiger partial charge >= 0.3 is 0 Å². The molecule has 10 atom stereocenters. The number of benzene rings is 2. The molecule has 14 heteroatoms. The number of ether oxygens (including phenoxy) is 10. The van der Waals surface area contributed by atoms with Gasteiger partial charge in [0, 0.05) is 44.3 Å². The Hall–Kier alpha value is -5.36. The van der Waals surface area contributed by atoms with Gasteiger partial charge in [0.15, 0.2) is 35.7 Å². The molecule has 0 aliphatic carbocycles. The summed E-state index contributed by atoms with van der Waals surface area (Å²) < 4.78 is 66.6. The average molecular weight is 919 g/mol. The average Bonchev–Trinajstić information content (AvgIpc) is 4.15. The van der Waals surface area contributed by atoms with Gasteiger partial charge in [0.2, 0.25) is 0 Å². The Labute approximate surface area is 393 Å². The maximum atomic E-state index is 7.03. The molecule has 6 saturated heterocycles. The zero-order chi connectivity index (χ0) is 46.5. The largest absolute Gasteiger partial charge is 0.355 e. The number of fused-ring (bicyclic) bond motifs is 14. The summed E-state index contributed by atoms with van der Waals surface area (Å²) in [6.07, 6.45) is 2.28. The second-order valence-corrected chi connectivity index (χ2v) is 20.5. The molecule has 0 unspecified atom stereocenters. The first-order valence-corrected chi connectivity index (χ1v) is 23.6. The van der Waals surface area contributed by atoms with Crippen LogP contribution in [0.2, 0.25) is 0 Å². The van der Waals surface area contributed by atoms with Crippen molar-refractivity contribution in [3.8, 4) is 22.3 Å². The summed E-state index contributed by atoms with van der Waals surface area (Å²) >= 11 is 0.